The number of aromatic hydroxyl groups is 6. The molecular weight excluding hydrogens is 1850 g/mol. The summed E-state index contributed by atoms with van der Waals surface area (Å²) >= 11 is 0. The highest BCUT2D eigenvalue weighted by atomic mass is 32.2. The van der Waals surface area contributed by atoms with E-state index < -0.39 is 90.1 Å². The number of rotatable bonds is 36. The van der Waals surface area contributed by atoms with Crippen LogP contribution in [0.3, 0.4) is 0 Å². The van der Waals surface area contributed by atoms with Crippen LogP contribution in [0.15, 0.2) is 29.4 Å². The molecule has 0 aromatic heterocycles. The van der Waals surface area contributed by atoms with Crippen LogP contribution >= 0.6 is 0 Å². The van der Waals surface area contributed by atoms with E-state index in [4.69, 9.17) is 56.8 Å². The van der Waals surface area contributed by atoms with Crippen LogP contribution in [-0.2, 0) is 86.4 Å². The number of hydrogen-bond acceptors (Lipinski definition) is 36. The van der Waals surface area contributed by atoms with Crippen molar-refractivity contribution in [2.75, 3.05) is 85.3 Å². The molecule has 0 aliphatic rings. The number of hydrogen-bond donors (Lipinski definition) is 6. The predicted molar refractivity (Wildman–Crippen MR) is 502 cm³/mol. The summed E-state index contributed by atoms with van der Waals surface area (Å²) in [5.41, 5.74) is 2.99. The molecule has 6 rings (SSSR count). The van der Waals surface area contributed by atoms with E-state index in [9.17, 15) is 108 Å². The molecule has 6 aromatic carbocycles. The number of phenols is 6. The standard InChI is InChI=1S/2C15H24O6S.2C14H22O6S.2C13H20O6S.6CH3/c1-6-8-10-13(20-4)12(16)11(9(3)7-2)14(21-5)15(10)22(17,18)19;1-6-8-10-12(16)11(9(3)7-2)14(21-5)15(13(10)20-4)22(17,18)19;1-6-8(3)10-11(15)12(19-4)9(7-2)14(13(10)20-5)21(16,17)18;1-6-8(3)10-11(15)9(7-2)12(19-4)14(13(10)20-5)21(16,17)18;1-6-7(2)9-10(14)11(18-4)8(3)13(12(9)19-5)20(15,16)17;1-6-7(2)9-10(14)8(3)11(18-4)13(12(9)19-5)20(15,16)17;;;;;;/h2*9,16H,6-8H2,1-5H3,(H,17,18,19);2*8,15H,6-7H2,1-5H3,(H,16,17,18);2*7,14H,6H2,1-5H3,(H,15,16,17);6*1H3/q;;;;;;6*+1/p-6. The molecular formula is C90H144O36S6. The Morgan fingerprint density at radius 2 is 0.417 bits per heavy atom. The first kappa shape index (κ1) is 133. The van der Waals surface area contributed by atoms with E-state index in [1.54, 1.807) is 20.8 Å². The van der Waals surface area contributed by atoms with E-state index in [0.29, 0.717) is 92.0 Å². The second kappa shape index (κ2) is 56.6. The molecule has 756 valence electrons. The van der Waals surface area contributed by atoms with Crippen molar-refractivity contribution < 1.29 is 165 Å². The maximum absolute atomic E-state index is 11.8. The third kappa shape index (κ3) is 29.7. The molecule has 0 saturated carbocycles. The van der Waals surface area contributed by atoms with Gasteiger partial charge in [-0.3, -0.25) is 0 Å². The second-order valence-electron chi connectivity index (χ2n) is 28.9. The summed E-state index contributed by atoms with van der Waals surface area (Å²) in [5.74, 6) is -2.96. The Hall–Kier alpha value is -9.60. The minimum Gasteiger partial charge on any atom is -0.744 e. The van der Waals surface area contributed by atoms with Gasteiger partial charge in [0.05, 0.1) is 85.3 Å². The molecule has 6 atom stereocenters. The van der Waals surface area contributed by atoms with Gasteiger partial charge in [0.1, 0.15) is 159 Å². The fraction of sp³-hybridized carbons (Fsp3) is 0.533. The molecule has 0 amide bonds. The van der Waals surface area contributed by atoms with Crippen molar-refractivity contribution in [2.45, 2.75) is 267 Å². The maximum atomic E-state index is 11.8. The van der Waals surface area contributed by atoms with Crippen molar-refractivity contribution in [2.24, 2.45) is 0 Å². The summed E-state index contributed by atoms with van der Waals surface area (Å²) in [6, 6.07) is 0. The molecule has 0 radical (unpaired) electrons. The highest BCUT2D eigenvalue weighted by Crippen LogP contribution is 2.56. The van der Waals surface area contributed by atoms with Crippen LogP contribution in [0.4, 0.5) is 0 Å². The Labute approximate surface area is 787 Å². The smallest absolute Gasteiger partial charge is 0.165 e. The van der Waals surface area contributed by atoms with Gasteiger partial charge in [-0.1, -0.05) is 124 Å². The lowest BCUT2D eigenvalue weighted by molar-refractivity contribution is 0.342. The lowest BCUT2D eigenvalue weighted by Crippen LogP contribution is -2.12. The average molecular weight is 1990 g/mol. The van der Waals surface area contributed by atoms with Gasteiger partial charge in [0.2, 0.25) is 0 Å². The van der Waals surface area contributed by atoms with E-state index in [2.05, 4.69) is 0 Å². The van der Waals surface area contributed by atoms with Crippen LogP contribution < -0.4 is 56.8 Å². The molecule has 0 bridgehead atoms. The Morgan fingerprint density at radius 3 is 0.652 bits per heavy atom. The molecule has 0 saturated heterocycles. The van der Waals surface area contributed by atoms with Crippen LogP contribution in [0.1, 0.15) is 264 Å². The largest absolute Gasteiger partial charge is 0.744 e. The summed E-state index contributed by atoms with van der Waals surface area (Å²) in [4.78, 5) is -3.00. The van der Waals surface area contributed by atoms with Gasteiger partial charge < -0.3 is 115 Å². The van der Waals surface area contributed by atoms with Crippen molar-refractivity contribution in [1.29, 1.82) is 0 Å². The van der Waals surface area contributed by atoms with Crippen molar-refractivity contribution in [3.05, 3.63) is 111 Å². The first-order valence-corrected chi connectivity index (χ1v) is 48.5. The first-order chi connectivity index (χ1) is 58.4. The van der Waals surface area contributed by atoms with Crippen LogP contribution in [0.5, 0.6) is 103 Å². The summed E-state index contributed by atoms with van der Waals surface area (Å²) in [6.07, 6.45) is 6.32. The lowest BCUT2D eigenvalue weighted by atomic mass is 9.92. The van der Waals surface area contributed by atoms with Crippen molar-refractivity contribution in [3.63, 3.8) is 0 Å². The van der Waals surface area contributed by atoms with Gasteiger partial charge in [-0.25, -0.2) is 50.5 Å². The maximum Gasteiger partial charge on any atom is 0.165 e. The summed E-state index contributed by atoms with van der Waals surface area (Å²) in [6.45, 7) is 32.3. The predicted octanol–water partition coefficient (Wildman–Crippen LogP) is 17.3. The average Bonchev–Trinajstić information content (AvgIpc) is 0.784. The van der Waals surface area contributed by atoms with Crippen LogP contribution in [-0.4, -0.2) is 194 Å². The zero-order valence-corrected chi connectivity index (χ0v) is 88.2. The minimum absolute atomic E-state index is 0. The topological polar surface area (TPSA) is 575 Å². The molecule has 0 aliphatic carbocycles. The van der Waals surface area contributed by atoms with E-state index in [-0.39, 0.29) is 235 Å². The molecule has 0 aliphatic heterocycles. The minimum atomic E-state index is -4.82. The molecule has 6 unspecified atom stereocenters. The highest BCUT2D eigenvalue weighted by molar-refractivity contribution is 7.87. The lowest BCUT2D eigenvalue weighted by Gasteiger charge is -2.25. The Balaban J connectivity index is -0.000000358. The van der Waals surface area contributed by atoms with Gasteiger partial charge in [-0.05, 0) is 114 Å². The van der Waals surface area contributed by atoms with Gasteiger partial charge in [-0.15, -0.1) is 0 Å². The van der Waals surface area contributed by atoms with E-state index in [0.717, 1.165) is 0 Å². The summed E-state index contributed by atoms with van der Waals surface area (Å²) in [7, 11) is -13.4. The van der Waals surface area contributed by atoms with Gasteiger partial charge in [0, 0.05) is 111 Å². The third-order valence-corrected chi connectivity index (χ3v) is 26.8. The molecule has 0 fully saturated rings. The van der Waals surface area contributed by atoms with Gasteiger partial charge in [0.25, 0.3) is 0 Å². The fourth-order valence-corrected chi connectivity index (χ4v) is 19.6. The molecule has 0 heterocycles. The quantitative estimate of drug-likeness (QED) is 0.0157. The SMILES string of the molecule is CCC(C)c1c(O)c(C)c(OC)c(S(=O)(=O)[O-])c1OC.CCC(C)c1c(O)c(OC)c(C)c(S(=O)(=O)[O-])c1OC.CCCc1c(O)c(C(C)CC)c(OC)c(S(=O)(=O)[O-])c1OC.CCCc1c(OC)c(O)c(C(C)CC)c(OC)c1S(=O)(=O)[O-].CCc1c(O)c(C(C)CC)c(OC)c(S(=O)(=O)[O-])c1OC.CCc1c(OC)c(O)c(C(C)CC)c(OC)c1S(=O)(=O)[O-].[CH3+].[CH3+].[CH3+].[CH3+].[CH3+].[CH3+]. The fourth-order valence-electron chi connectivity index (χ4n) is 14.2. The zero-order valence-electron chi connectivity index (χ0n) is 83.3. The van der Waals surface area contributed by atoms with Crippen LogP contribution in [0.25, 0.3) is 0 Å². The van der Waals surface area contributed by atoms with E-state index >= 15 is 0 Å². The molecule has 132 heavy (non-hydrogen) atoms. The molecule has 36 nitrogen and oxygen atoms in total. The van der Waals surface area contributed by atoms with Crippen molar-refractivity contribution >= 4 is 60.7 Å². The summed E-state index contributed by atoms with van der Waals surface area (Å²) in [5, 5.41) is 62.5. The molecule has 6 aromatic rings. The van der Waals surface area contributed by atoms with Gasteiger partial charge in [-0.2, -0.15) is 0 Å². The first-order valence-electron chi connectivity index (χ1n) is 40.0. The number of benzene rings is 6. The second-order valence-corrected chi connectivity index (χ2v) is 36.8. The molecule has 6 N–H and O–H groups in total. The summed E-state index contributed by atoms with van der Waals surface area (Å²) < 4.78 is 271. The van der Waals surface area contributed by atoms with Gasteiger partial charge in [0.15, 0.2) is 34.5 Å². The van der Waals surface area contributed by atoms with Crippen molar-refractivity contribution in [3.8, 4) is 103 Å². The Bertz CT molecular complexity index is 5350. The monoisotopic (exact) mass is 1990 g/mol. The molecule has 42 heteroatoms. The Morgan fingerprint density at radius 1 is 0.227 bits per heavy atom. The van der Waals surface area contributed by atoms with E-state index in [1.165, 1.54) is 99.2 Å². The number of phenolic OH excluding ortho intramolecular Hbond substituents is 6. The van der Waals surface area contributed by atoms with Crippen LogP contribution in [0.2, 0.25) is 0 Å². The zero-order chi connectivity index (χ0) is 98.2. The third-order valence-electron chi connectivity index (χ3n) is 21.4. The highest BCUT2D eigenvalue weighted by Gasteiger charge is 2.37. The van der Waals surface area contributed by atoms with Crippen molar-refractivity contribution in [1.82, 2.24) is 0 Å². The number of ether oxygens (including phenoxy) is 12. The van der Waals surface area contributed by atoms with E-state index in [1.807, 2.05) is 90.0 Å². The molecule has 0 spiro atoms. The number of methoxy groups -OCH3 is 12. The normalized spacial score (nSPS) is 12.5. The Kier molecular flexibility index (Phi) is 57.0. The van der Waals surface area contributed by atoms with Crippen LogP contribution in [0, 0.1) is 58.4 Å². The van der Waals surface area contributed by atoms with Gasteiger partial charge >= 0.3 is 0 Å².